The molecule has 0 aromatic heterocycles. The van der Waals surface area contributed by atoms with Gasteiger partial charge < -0.3 is 24.8 Å². The maximum atomic E-state index is 14.1. The van der Waals surface area contributed by atoms with Crippen LogP contribution in [0, 0.1) is 5.92 Å². The van der Waals surface area contributed by atoms with Crippen LogP contribution < -0.4 is 15.2 Å². The predicted octanol–water partition coefficient (Wildman–Crippen LogP) is 4.85. The topological polar surface area (TPSA) is 88.1 Å². The van der Waals surface area contributed by atoms with Gasteiger partial charge in [0.25, 0.3) is 5.91 Å². The number of nitrogens with zero attached hydrogens (tertiary/aromatic N) is 1. The molecule has 2 amide bonds. The highest BCUT2D eigenvalue weighted by atomic mass is 35.5. The van der Waals surface area contributed by atoms with Gasteiger partial charge in [-0.25, -0.2) is 0 Å². The number of aliphatic hydroxyl groups excluding tert-OH is 1. The second-order valence-electron chi connectivity index (χ2n) is 12.3. The minimum atomic E-state index is -2.38. The number of hydrogen-bond donors (Lipinski definition) is 2. The van der Waals surface area contributed by atoms with Gasteiger partial charge in [0.1, 0.15) is 5.75 Å². The van der Waals surface area contributed by atoms with Crippen molar-refractivity contribution < 1.29 is 24.2 Å². The summed E-state index contributed by atoms with van der Waals surface area (Å²) in [5.41, 5.74) is 2.35. The predicted molar refractivity (Wildman–Crippen MR) is 166 cm³/mol. The van der Waals surface area contributed by atoms with Crippen molar-refractivity contribution in [3.05, 3.63) is 88.4 Å². The molecule has 3 aliphatic heterocycles. The molecule has 3 heterocycles. The van der Waals surface area contributed by atoms with E-state index in [9.17, 15) is 14.7 Å². The Morgan fingerprint density at radius 2 is 1.86 bits per heavy atom. The van der Waals surface area contributed by atoms with E-state index in [0.29, 0.717) is 23.7 Å². The number of hydrogen-bond acceptors (Lipinski definition) is 5. The van der Waals surface area contributed by atoms with Gasteiger partial charge in [0.15, 0.2) is 5.60 Å². The van der Waals surface area contributed by atoms with Crippen LogP contribution in [0.2, 0.25) is 23.7 Å². The quantitative estimate of drug-likeness (QED) is 0.393. The molecule has 9 heteroatoms. The largest absolute Gasteiger partial charge is 0.497 e. The molecule has 3 aliphatic rings. The van der Waals surface area contributed by atoms with E-state index in [4.69, 9.17) is 21.1 Å². The van der Waals surface area contributed by atoms with E-state index in [0.717, 1.165) is 22.4 Å². The van der Waals surface area contributed by atoms with E-state index in [2.05, 4.69) is 43.5 Å². The number of fused-ring (bicyclic) bond motifs is 3. The lowest BCUT2D eigenvalue weighted by atomic mass is 9.82. The van der Waals surface area contributed by atoms with E-state index in [1.165, 1.54) is 5.19 Å². The third kappa shape index (κ3) is 4.56. The van der Waals surface area contributed by atoms with E-state index in [-0.39, 0.29) is 42.3 Å². The first kappa shape index (κ1) is 28.9. The van der Waals surface area contributed by atoms with Gasteiger partial charge in [-0.1, -0.05) is 73.2 Å². The van der Waals surface area contributed by atoms with Gasteiger partial charge in [-0.2, -0.15) is 0 Å². The second kappa shape index (κ2) is 10.8. The second-order valence-corrected chi connectivity index (χ2v) is 17.5. The molecule has 1 fully saturated rings. The molecule has 7 nitrogen and oxygen atoms in total. The zero-order valence-electron chi connectivity index (χ0n) is 24.4. The average molecular weight is 605 g/mol. The number of ether oxygens (including phenoxy) is 2. The molecule has 5 atom stereocenters. The average Bonchev–Trinajstić information content (AvgIpc) is 3.44. The number of anilines is 1. The summed E-state index contributed by atoms with van der Waals surface area (Å²) < 4.78 is 12.3. The van der Waals surface area contributed by atoms with Crippen LogP contribution in [-0.2, 0) is 32.9 Å². The molecule has 6 rings (SSSR count). The molecular weight excluding hydrogens is 568 g/mol. The fraction of sp³-hybridized carbons (Fsp3) is 0.394. The minimum absolute atomic E-state index is 0.0739. The zero-order valence-corrected chi connectivity index (χ0v) is 26.1. The lowest BCUT2D eigenvalue weighted by Crippen LogP contribution is -2.52. The number of carbonyl (C=O) groups is 2. The third-order valence-corrected chi connectivity index (χ3v) is 14.4. The van der Waals surface area contributed by atoms with Gasteiger partial charge >= 0.3 is 0 Å². The van der Waals surface area contributed by atoms with E-state index >= 15 is 0 Å². The molecule has 1 saturated heterocycles. The number of carbonyl (C=O) groups excluding carboxylic acids is 2. The highest BCUT2D eigenvalue weighted by molar-refractivity contribution is 6.91. The van der Waals surface area contributed by atoms with Gasteiger partial charge in [0.05, 0.1) is 40.4 Å². The monoisotopic (exact) mass is 604 g/mol. The third-order valence-electron chi connectivity index (χ3n) is 9.81. The van der Waals surface area contributed by atoms with Crippen molar-refractivity contribution in [1.82, 2.24) is 4.90 Å². The lowest BCUT2D eigenvalue weighted by molar-refractivity contribution is -0.149. The van der Waals surface area contributed by atoms with Crippen LogP contribution in [0.25, 0.3) is 0 Å². The molecule has 0 bridgehead atoms. The normalized spacial score (nSPS) is 26.6. The van der Waals surface area contributed by atoms with E-state index in [1.807, 2.05) is 42.5 Å². The van der Waals surface area contributed by atoms with Crippen molar-refractivity contribution in [2.75, 3.05) is 19.0 Å². The van der Waals surface area contributed by atoms with E-state index in [1.54, 1.807) is 18.1 Å². The summed E-state index contributed by atoms with van der Waals surface area (Å²) >= 11 is 6.44. The molecule has 220 valence electrons. The summed E-state index contributed by atoms with van der Waals surface area (Å²) in [5, 5.41) is 15.0. The first-order chi connectivity index (χ1) is 20.1. The number of benzene rings is 3. The van der Waals surface area contributed by atoms with Crippen molar-refractivity contribution in [2.45, 2.75) is 62.7 Å². The molecule has 2 N–H and O–H groups in total. The van der Waals surface area contributed by atoms with Crippen LogP contribution in [0.4, 0.5) is 5.69 Å². The van der Waals surface area contributed by atoms with Crippen LogP contribution in [0.1, 0.15) is 30.0 Å². The first-order valence-corrected chi connectivity index (χ1v) is 18.0. The standard InChI is InChI=1S/C33H37ClN2O5Si/c1-20-31(42(3,4)26-12-10-25(40-2)11-13-26)29(41-33(20)27-16-23(34)9-14-28(27)35-32(33)39)17-30(38)36-18-22-8-6-5-7-21(22)15-24(36)19-37/h5-14,16,20,24,29,31,37H,15,17-19H2,1-4H3,(H,35,39)/t20-,24-,29+,31-,33+/m0/s1. The van der Waals surface area contributed by atoms with Crippen LogP contribution in [0.15, 0.2) is 66.7 Å². The Kier molecular flexibility index (Phi) is 7.46. The lowest BCUT2D eigenvalue weighted by Gasteiger charge is -2.39. The maximum Gasteiger partial charge on any atom is 0.261 e. The summed E-state index contributed by atoms with van der Waals surface area (Å²) in [4.78, 5) is 29.8. The Balaban J connectivity index is 1.39. The zero-order chi connectivity index (χ0) is 29.8. The summed E-state index contributed by atoms with van der Waals surface area (Å²) in [6, 6.07) is 21.3. The smallest absolute Gasteiger partial charge is 0.261 e. The molecule has 0 unspecified atom stereocenters. The van der Waals surface area contributed by atoms with Crippen LogP contribution >= 0.6 is 11.6 Å². The van der Waals surface area contributed by atoms with Gasteiger partial charge in [0, 0.05) is 28.7 Å². The minimum Gasteiger partial charge on any atom is -0.497 e. The Morgan fingerprint density at radius 1 is 1.14 bits per heavy atom. The molecular formula is C33H37ClN2O5Si. The molecule has 0 radical (unpaired) electrons. The number of methoxy groups -OCH3 is 1. The first-order valence-electron chi connectivity index (χ1n) is 14.5. The van der Waals surface area contributed by atoms with Crippen molar-refractivity contribution in [1.29, 1.82) is 0 Å². The Bertz CT molecular complexity index is 1530. The highest BCUT2D eigenvalue weighted by Gasteiger charge is 2.65. The number of aliphatic hydroxyl groups is 1. The van der Waals surface area contributed by atoms with Crippen molar-refractivity contribution >= 4 is 42.4 Å². The molecule has 42 heavy (non-hydrogen) atoms. The van der Waals surface area contributed by atoms with Crippen LogP contribution in [0.3, 0.4) is 0 Å². The Hall–Kier alpha value is -3.17. The van der Waals surface area contributed by atoms with Crippen molar-refractivity contribution in [2.24, 2.45) is 5.92 Å². The van der Waals surface area contributed by atoms with Crippen molar-refractivity contribution in [3.8, 4) is 5.75 Å². The Labute approximate surface area is 252 Å². The SMILES string of the molecule is COc1ccc([Si](C)(C)[C@@H]2[C@@H](CC(=O)N3Cc4ccccc4C[C@H]3CO)O[C@]3(C(=O)Nc4ccc(Cl)cc43)[C@H]2C)cc1. The summed E-state index contributed by atoms with van der Waals surface area (Å²) in [6.07, 6.45) is 0.211. The van der Waals surface area contributed by atoms with Gasteiger partial charge in [0.2, 0.25) is 5.91 Å². The fourth-order valence-corrected chi connectivity index (χ4v) is 11.8. The van der Waals surface area contributed by atoms with Gasteiger partial charge in [-0.15, -0.1) is 0 Å². The maximum absolute atomic E-state index is 14.1. The fourth-order valence-electron chi connectivity index (χ4n) is 7.64. The van der Waals surface area contributed by atoms with Crippen LogP contribution in [0.5, 0.6) is 5.75 Å². The van der Waals surface area contributed by atoms with Gasteiger partial charge in [-0.3, -0.25) is 9.59 Å². The number of halogens is 1. The van der Waals surface area contributed by atoms with Crippen LogP contribution in [-0.4, -0.2) is 55.8 Å². The molecule has 3 aromatic rings. The molecule has 0 aliphatic carbocycles. The van der Waals surface area contributed by atoms with Gasteiger partial charge in [-0.05, 0) is 53.4 Å². The number of amides is 2. The highest BCUT2D eigenvalue weighted by Crippen LogP contribution is 2.59. The molecule has 3 aromatic carbocycles. The van der Waals surface area contributed by atoms with E-state index < -0.39 is 19.8 Å². The van der Waals surface area contributed by atoms with Crippen molar-refractivity contribution in [3.63, 3.8) is 0 Å². The summed E-state index contributed by atoms with van der Waals surface area (Å²) in [6.45, 7) is 6.98. The number of nitrogens with one attached hydrogen (secondary N) is 1. The Morgan fingerprint density at radius 3 is 2.55 bits per heavy atom. The summed E-state index contributed by atoms with van der Waals surface area (Å²) in [7, 11) is -0.731. The molecule has 0 saturated carbocycles. The summed E-state index contributed by atoms with van der Waals surface area (Å²) in [5.74, 6) is 0.259. The number of rotatable bonds is 6. The molecule has 1 spiro atoms.